The zero-order valence-electron chi connectivity index (χ0n) is 19.6. The topological polar surface area (TPSA) is 86.3 Å². The van der Waals surface area contributed by atoms with Gasteiger partial charge in [0.25, 0.3) is 0 Å². The standard InChI is InChI=1S/C26H21F2N5O2S2/c1-32-11-10-31-25(32)21-14-18-24(37-21)20(7-9-30-18)35-26(28)8-6-17(13-22(26)27)33(15-36)19-5-3-2-4-16(19)12-23(29)34/h2-7,9-11,13-15H,8,12H2,1H3,(H2,29,34)/t26-/m0/s1. The number of thiocarbonyl (C=S) groups is 1. The molecule has 37 heavy (non-hydrogen) atoms. The molecule has 11 heteroatoms. The number of nitrogens with zero attached hydrogens (tertiary/aromatic N) is 4. The Morgan fingerprint density at radius 2 is 2.14 bits per heavy atom. The number of halogens is 2. The zero-order valence-corrected chi connectivity index (χ0v) is 21.2. The maximum Gasteiger partial charge on any atom is 0.303 e. The summed E-state index contributed by atoms with van der Waals surface area (Å²) >= 11 is 6.50. The Morgan fingerprint density at radius 3 is 2.84 bits per heavy atom. The van der Waals surface area contributed by atoms with E-state index in [1.807, 2.05) is 23.9 Å². The summed E-state index contributed by atoms with van der Waals surface area (Å²) in [5, 5.41) is 0. The van der Waals surface area contributed by atoms with Crippen LogP contribution in [0, 0.1) is 0 Å². The molecular formula is C26H21F2N5O2S2. The lowest BCUT2D eigenvalue weighted by molar-refractivity contribution is -0.117. The van der Waals surface area contributed by atoms with Gasteiger partial charge in [0.1, 0.15) is 11.6 Å². The van der Waals surface area contributed by atoms with Crippen molar-refractivity contribution in [2.24, 2.45) is 12.8 Å². The van der Waals surface area contributed by atoms with Crippen LogP contribution in [0.4, 0.5) is 14.5 Å². The monoisotopic (exact) mass is 537 g/mol. The van der Waals surface area contributed by atoms with Gasteiger partial charge in [-0.25, -0.2) is 9.37 Å². The first kappa shape index (κ1) is 24.7. The number of anilines is 1. The molecule has 0 fully saturated rings. The van der Waals surface area contributed by atoms with Crippen LogP contribution in [0.2, 0.25) is 0 Å². The number of benzene rings is 1. The molecule has 1 amide bonds. The molecule has 1 atom stereocenters. The highest BCUT2D eigenvalue weighted by Crippen LogP contribution is 2.42. The number of rotatable bonds is 8. The van der Waals surface area contributed by atoms with Gasteiger partial charge in [0.05, 0.1) is 32.7 Å². The van der Waals surface area contributed by atoms with Crippen molar-refractivity contribution in [2.45, 2.75) is 18.7 Å². The smallest absolute Gasteiger partial charge is 0.303 e. The van der Waals surface area contributed by atoms with E-state index in [9.17, 15) is 4.79 Å². The number of pyridine rings is 1. The first-order valence-electron chi connectivity index (χ1n) is 11.2. The first-order valence-corrected chi connectivity index (χ1v) is 12.5. The molecule has 4 aromatic rings. The lowest BCUT2D eigenvalue weighted by Crippen LogP contribution is -2.35. The molecule has 0 radical (unpaired) electrons. The highest BCUT2D eigenvalue weighted by atomic mass is 32.1. The molecule has 0 bridgehead atoms. The van der Waals surface area contributed by atoms with Crippen molar-refractivity contribution in [3.8, 4) is 16.5 Å². The van der Waals surface area contributed by atoms with Crippen molar-refractivity contribution in [1.82, 2.24) is 14.5 Å². The summed E-state index contributed by atoms with van der Waals surface area (Å²) in [6.07, 6.45) is 7.12. The third kappa shape index (κ3) is 4.75. The number of primary amides is 1. The van der Waals surface area contributed by atoms with E-state index in [1.165, 1.54) is 40.1 Å². The van der Waals surface area contributed by atoms with Gasteiger partial charge in [-0.2, -0.15) is 4.39 Å². The number of hydrogen-bond acceptors (Lipinski definition) is 6. The number of carbonyl (C=O) groups is 1. The predicted octanol–water partition coefficient (Wildman–Crippen LogP) is 5.37. The molecule has 0 saturated heterocycles. The Bertz CT molecular complexity index is 1580. The molecule has 0 saturated carbocycles. The number of alkyl halides is 1. The minimum Gasteiger partial charge on any atom is -0.450 e. The molecule has 5 rings (SSSR count). The lowest BCUT2D eigenvalue weighted by Gasteiger charge is -2.30. The third-order valence-electron chi connectivity index (χ3n) is 5.89. The fraction of sp³-hybridized carbons (Fsp3) is 0.154. The molecule has 3 aromatic heterocycles. The van der Waals surface area contributed by atoms with E-state index in [1.54, 1.807) is 30.5 Å². The molecule has 2 N–H and O–H groups in total. The van der Waals surface area contributed by atoms with Crippen LogP contribution in [0.3, 0.4) is 0 Å². The van der Waals surface area contributed by atoms with Gasteiger partial charge in [-0.3, -0.25) is 9.78 Å². The molecule has 1 aliphatic rings. The molecular weight excluding hydrogens is 516 g/mol. The van der Waals surface area contributed by atoms with Crippen LogP contribution in [-0.4, -0.2) is 31.8 Å². The molecule has 3 heterocycles. The van der Waals surface area contributed by atoms with Crippen LogP contribution in [0.25, 0.3) is 20.9 Å². The summed E-state index contributed by atoms with van der Waals surface area (Å²) in [5.74, 6) is -3.43. The van der Waals surface area contributed by atoms with Crippen LogP contribution in [0.5, 0.6) is 5.75 Å². The van der Waals surface area contributed by atoms with Crippen molar-refractivity contribution >= 4 is 50.9 Å². The maximum atomic E-state index is 15.9. The number of carbonyl (C=O) groups excluding carboxylic acids is 1. The largest absolute Gasteiger partial charge is 0.450 e. The zero-order chi connectivity index (χ0) is 26.2. The van der Waals surface area contributed by atoms with Crippen LogP contribution < -0.4 is 15.4 Å². The molecule has 1 aliphatic carbocycles. The van der Waals surface area contributed by atoms with E-state index in [-0.39, 0.29) is 12.2 Å². The number of para-hydroxylation sites is 1. The predicted molar refractivity (Wildman–Crippen MR) is 144 cm³/mol. The van der Waals surface area contributed by atoms with E-state index in [0.717, 1.165) is 16.8 Å². The third-order valence-corrected chi connectivity index (χ3v) is 7.24. The number of thiophene rings is 1. The fourth-order valence-corrected chi connectivity index (χ4v) is 5.45. The van der Waals surface area contributed by atoms with Gasteiger partial charge in [0.2, 0.25) is 5.91 Å². The minimum absolute atomic E-state index is 0.0232. The van der Waals surface area contributed by atoms with Gasteiger partial charge in [0, 0.05) is 49.9 Å². The minimum atomic E-state index is -2.72. The number of imidazole rings is 1. The number of amides is 1. The molecule has 0 spiro atoms. The van der Waals surface area contributed by atoms with E-state index in [2.05, 4.69) is 9.97 Å². The summed E-state index contributed by atoms with van der Waals surface area (Å²) in [6, 6.07) is 10.3. The van der Waals surface area contributed by atoms with Crippen molar-refractivity contribution in [3.05, 3.63) is 84.2 Å². The molecule has 0 aliphatic heterocycles. The second-order valence-corrected chi connectivity index (χ2v) is 9.66. The number of aromatic nitrogens is 3. The number of fused-ring (bicyclic) bond motifs is 1. The average Bonchev–Trinajstić information content (AvgIpc) is 3.49. The second-order valence-electron chi connectivity index (χ2n) is 8.40. The number of hydrogen-bond donors (Lipinski definition) is 1. The van der Waals surface area contributed by atoms with Gasteiger partial charge >= 0.3 is 5.85 Å². The summed E-state index contributed by atoms with van der Waals surface area (Å²) in [6.45, 7) is 0. The summed E-state index contributed by atoms with van der Waals surface area (Å²) in [7, 11) is 1.87. The lowest BCUT2D eigenvalue weighted by atomic mass is 10.0. The quantitative estimate of drug-likeness (QED) is 0.304. The number of nitrogens with two attached hydrogens (primary N) is 1. The molecule has 7 nitrogen and oxygen atoms in total. The van der Waals surface area contributed by atoms with E-state index in [0.29, 0.717) is 27.2 Å². The van der Waals surface area contributed by atoms with Crippen LogP contribution >= 0.6 is 23.6 Å². The Balaban J connectivity index is 1.43. The second kappa shape index (κ2) is 9.83. The van der Waals surface area contributed by atoms with E-state index in [4.69, 9.17) is 22.7 Å². The Hall–Kier alpha value is -3.96. The normalized spacial score (nSPS) is 17.3. The highest BCUT2D eigenvalue weighted by Gasteiger charge is 2.41. The van der Waals surface area contributed by atoms with E-state index >= 15 is 8.78 Å². The summed E-state index contributed by atoms with van der Waals surface area (Å²) in [5.41, 5.74) is 8.74. The van der Waals surface area contributed by atoms with Gasteiger partial charge in [-0.1, -0.05) is 36.5 Å². The van der Waals surface area contributed by atoms with E-state index < -0.39 is 24.0 Å². The van der Waals surface area contributed by atoms with Crippen molar-refractivity contribution in [3.63, 3.8) is 0 Å². The number of aryl methyl sites for hydroxylation is 1. The Kier molecular flexibility index (Phi) is 6.57. The number of allylic oxidation sites excluding steroid dienone is 1. The van der Waals surface area contributed by atoms with Gasteiger partial charge < -0.3 is 19.9 Å². The maximum absolute atomic E-state index is 15.9. The molecule has 0 unspecified atom stereocenters. The van der Waals surface area contributed by atoms with Crippen LogP contribution in [0.15, 0.2) is 78.7 Å². The Labute approximate surface area is 220 Å². The van der Waals surface area contributed by atoms with Gasteiger partial charge in [-0.05, 0) is 17.7 Å². The van der Waals surface area contributed by atoms with Gasteiger partial charge in [0.15, 0.2) is 5.83 Å². The first-order chi connectivity index (χ1) is 17.8. The molecule has 1 aromatic carbocycles. The van der Waals surface area contributed by atoms with Crippen molar-refractivity contribution in [2.75, 3.05) is 4.90 Å². The van der Waals surface area contributed by atoms with Crippen LogP contribution in [-0.2, 0) is 18.3 Å². The van der Waals surface area contributed by atoms with Crippen LogP contribution in [0.1, 0.15) is 12.0 Å². The fourth-order valence-electron chi connectivity index (χ4n) is 4.11. The summed E-state index contributed by atoms with van der Waals surface area (Å²) in [4.78, 5) is 22.5. The highest BCUT2D eigenvalue weighted by molar-refractivity contribution is 7.79. The molecule has 188 valence electrons. The Morgan fingerprint density at radius 1 is 1.32 bits per heavy atom. The SMILES string of the molecule is Cn1ccnc1-c1cc2nccc(O[C@@]3(F)CC=C(N(C=S)c4ccccc4CC(N)=O)C=C3F)c2s1. The van der Waals surface area contributed by atoms with Crippen molar-refractivity contribution < 1.29 is 18.3 Å². The number of ether oxygens (including phenoxy) is 1. The van der Waals surface area contributed by atoms with Gasteiger partial charge in [-0.15, -0.1) is 11.3 Å². The summed E-state index contributed by atoms with van der Waals surface area (Å²) < 4.78 is 39.3. The van der Waals surface area contributed by atoms with Crippen molar-refractivity contribution in [1.29, 1.82) is 0 Å². The average molecular weight is 538 g/mol.